The number of unbranched alkanes of at least 4 members (excludes halogenated alkanes) is 40. The summed E-state index contributed by atoms with van der Waals surface area (Å²) in [6, 6.07) is 0. The van der Waals surface area contributed by atoms with Crippen LogP contribution in [0.2, 0.25) is 0 Å². The average molecular weight is 1020 g/mol. The van der Waals surface area contributed by atoms with Gasteiger partial charge < -0.3 is 14.2 Å². The molecule has 0 rings (SSSR count). The van der Waals surface area contributed by atoms with Crippen LogP contribution in [0.1, 0.15) is 342 Å². The van der Waals surface area contributed by atoms with Crippen LogP contribution >= 0.6 is 0 Å². The lowest BCUT2D eigenvalue weighted by Gasteiger charge is -2.18. The second-order valence-electron chi connectivity index (χ2n) is 21.6. The van der Waals surface area contributed by atoms with Crippen LogP contribution < -0.4 is 0 Å². The van der Waals surface area contributed by atoms with Crippen LogP contribution in [-0.4, -0.2) is 37.2 Å². The lowest BCUT2D eigenvalue weighted by Crippen LogP contribution is -2.30. The third kappa shape index (κ3) is 60.1. The van der Waals surface area contributed by atoms with E-state index in [4.69, 9.17) is 14.2 Å². The number of carbonyl (C=O) groups excluding carboxylic acids is 3. The van der Waals surface area contributed by atoms with Gasteiger partial charge in [0.2, 0.25) is 0 Å². The molecule has 6 heteroatoms. The van der Waals surface area contributed by atoms with E-state index in [0.29, 0.717) is 19.3 Å². The van der Waals surface area contributed by atoms with Gasteiger partial charge in [0.25, 0.3) is 0 Å². The lowest BCUT2D eigenvalue weighted by molar-refractivity contribution is -0.167. The van der Waals surface area contributed by atoms with E-state index >= 15 is 0 Å². The number of allylic oxidation sites excluding steroid dienone is 8. The molecule has 426 valence electrons. The molecular formula is C67H122O6. The van der Waals surface area contributed by atoms with Crippen molar-refractivity contribution in [3.63, 3.8) is 0 Å². The minimum Gasteiger partial charge on any atom is -0.462 e. The Labute approximate surface area is 454 Å². The van der Waals surface area contributed by atoms with E-state index in [0.717, 1.165) is 89.9 Å². The van der Waals surface area contributed by atoms with Crippen molar-refractivity contribution in [3.8, 4) is 0 Å². The molecule has 73 heavy (non-hydrogen) atoms. The molecule has 0 fully saturated rings. The van der Waals surface area contributed by atoms with Gasteiger partial charge in [-0.15, -0.1) is 0 Å². The Morgan fingerprint density at radius 3 is 0.904 bits per heavy atom. The van der Waals surface area contributed by atoms with Gasteiger partial charge >= 0.3 is 17.9 Å². The van der Waals surface area contributed by atoms with Crippen molar-refractivity contribution in [3.05, 3.63) is 48.6 Å². The van der Waals surface area contributed by atoms with Gasteiger partial charge in [0.15, 0.2) is 6.10 Å². The molecule has 0 bridgehead atoms. The van der Waals surface area contributed by atoms with Crippen LogP contribution in [-0.2, 0) is 28.6 Å². The van der Waals surface area contributed by atoms with Crippen molar-refractivity contribution < 1.29 is 28.6 Å². The predicted octanol–water partition coefficient (Wildman–Crippen LogP) is 21.8. The first-order valence-corrected chi connectivity index (χ1v) is 32.1. The van der Waals surface area contributed by atoms with E-state index in [1.807, 2.05) is 0 Å². The minimum atomic E-state index is -0.789. The van der Waals surface area contributed by atoms with Gasteiger partial charge in [-0.3, -0.25) is 14.4 Å². The molecule has 1 unspecified atom stereocenters. The van der Waals surface area contributed by atoms with E-state index in [1.165, 1.54) is 212 Å². The molecule has 0 N–H and O–H groups in total. The summed E-state index contributed by atoms with van der Waals surface area (Å²) in [5.74, 6) is -0.910. The van der Waals surface area contributed by atoms with Gasteiger partial charge in [-0.1, -0.05) is 301 Å². The smallest absolute Gasteiger partial charge is 0.306 e. The van der Waals surface area contributed by atoms with E-state index in [1.54, 1.807) is 0 Å². The fourth-order valence-electron chi connectivity index (χ4n) is 9.50. The Hall–Kier alpha value is -2.63. The first kappa shape index (κ1) is 70.4. The number of carbonyl (C=O) groups is 3. The molecule has 0 heterocycles. The summed E-state index contributed by atoms with van der Waals surface area (Å²) in [5, 5.41) is 0. The van der Waals surface area contributed by atoms with Gasteiger partial charge in [0.05, 0.1) is 0 Å². The van der Waals surface area contributed by atoms with Crippen molar-refractivity contribution in [2.45, 2.75) is 348 Å². The maximum absolute atomic E-state index is 12.8. The van der Waals surface area contributed by atoms with Crippen LogP contribution in [0.15, 0.2) is 48.6 Å². The summed E-state index contributed by atoms with van der Waals surface area (Å²) in [6.07, 6.45) is 77.3. The summed E-state index contributed by atoms with van der Waals surface area (Å²) >= 11 is 0. The molecule has 0 saturated carbocycles. The first-order valence-electron chi connectivity index (χ1n) is 32.1. The van der Waals surface area contributed by atoms with Gasteiger partial charge in [-0.05, 0) is 70.6 Å². The van der Waals surface area contributed by atoms with Gasteiger partial charge in [-0.2, -0.15) is 0 Å². The number of esters is 3. The first-order chi connectivity index (χ1) is 36.0. The van der Waals surface area contributed by atoms with Gasteiger partial charge in [0.1, 0.15) is 13.2 Å². The Bertz CT molecular complexity index is 1270. The van der Waals surface area contributed by atoms with Crippen molar-refractivity contribution >= 4 is 17.9 Å². The number of hydrogen-bond acceptors (Lipinski definition) is 6. The predicted molar refractivity (Wildman–Crippen MR) is 316 cm³/mol. The molecule has 0 aromatic rings. The summed E-state index contributed by atoms with van der Waals surface area (Å²) < 4.78 is 16.8. The molecule has 0 spiro atoms. The third-order valence-electron chi connectivity index (χ3n) is 14.3. The van der Waals surface area contributed by atoms with Crippen molar-refractivity contribution in [2.75, 3.05) is 13.2 Å². The van der Waals surface area contributed by atoms with E-state index < -0.39 is 6.10 Å². The average Bonchev–Trinajstić information content (AvgIpc) is 3.39. The molecule has 1 atom stereocenters. The molecule has 0 aliphatic rings. The van der Waals surface area contributed by atoms with Crippen molar-refractivity contribution in [2.24, 2.45) is 0 Å². The molecule has 0 aromatic heterocycles. The molecule has 6 nitrogen and oxygen atoms in total. The second kappa shape index (κ2) is 61.9. The monoisotopic (exact) mass is 1020 g/mol. The molecule has 0 aliphatic carbocycles. The van der Waals surface area contributed by atoms with Crippen molar-refractivity contribution in [1.29, 1.82) is 0 Å². The fourth-order valence-corrected chi connectivity index (χ4v) is 9.50. The van der Waals surface area contributed by atoms with Crippen molar-refractivity contribution in [1.82, 2.24) is 0 Å². The molecule has 0 aliphatic heterocycles. The highest BCUT2D eigenvalue weighted by atomic mass is 16.6. The number of ether oxygens (including phenoxy) is 3. The molecule has 0 amide bonds. The summed E-state index contributed by atoms with van der Waals surface area (Å²) in [7, 11) is 0. The van der Waals surface area contributed by atoms with Crippen LogP contribution in [0, 0.1) is 0 Å². The zero-order chi connectivity index (χ0) is 52.9. The normalized spacial score (nSPS) is 12.3. The van der Waals surface area contributed by atoms with E-state index in [-0.39, 0.29) is 31.1 Å². The fraction of sp³-hybridized carbons (Fsp3) is 0.836. The Kier molecular flexibility index (Phi) is 59.7. The quantitative estimate of drug-likeness (QED) is 0.0261. The Morgan fingerprint density at radius 1 is 0.288 bits per heavy atom. The summed E-state index contributed by atoms with van der Waals surface area (Å²) in [5.41, 5.74) is 0. The number of rotatable bonds is 59. The highest BCUT2D eigenvalue weighted by Gasteiger charge is 2.19. The zero-order valence-electron chi connectivity index (χ0n) is 48.9. The van der Waals surface area contributed by atoms with E-state index in [2.05, 4.69) is 69.4 Å². The van der Waals surface area contributed by atoms with Gasteiger partial charge in [0, 0.05) is 19.3 Å². The molecular weight excluding hydrogens is 901 g/mol. The number of hydrogen-bond donors (Lipinski definition) is 0. The second-order valence-corrected chi connectivity index (χ2v) is 21.6. The summed E-state index contributed by atoms with van der Waals surface area (Å²) in [6.45, 7) is 6.50. The summed E-state index contributed by atoms with van der Waals surface area (Å²) in [4.78, 5) is 38.1. The third-order valence-corrected chi connectivity index (χ3v) is 14.3. The highest BCUT2D eigenvalue weighted by Crippen LogP contribution is 2.18. The van der Waals surface area contributed by atoms with Gasteiger partial charge in [-0.25, -0.2) is 0 Å². The zero-order valence-corrected chi connectivity index (χ0v) is 48.9. The topological polar surface area (TPSA) is 78.9 Å². The largest absolute Gasteiger partial charge is 0.462 e. The maximum atomic E-state index is 12.8. The molecule has 0 saturated heterocycles. The van der Waals surface area contributed by atoms with Crippen LogP contribution in [0.25, 0.3) is 0 Å². The standard InChI is InChI=1S/C67H122O6/c1-4-7-10-13-16-19-22-24-25-26-27-28-29-30-31-32-33-34-35-36-37-38-39-40-41-43-45-48-51-54-57-60-66(69)72-63-64(62-71-65(68)59-56-53-50-47-44-21-18-15-12-9-6-3)73-67(70)61-58-55-52-49-46-42-23-20-17-14-11-8-5-2/h8,11,15,17-18,20,42,46,64H,4-7,9-10,12-14,16,19,21-41,43-45,47-63H2,1-3H3/b11-8-,18-15-,20-17-,46-42-. The SMILES string of the molecule is CC/C=C\C/C=C\C/C=C\CCCCCC(=O)OC(COC(=O)CCCCCCC/C=C\CCCC)COC(=O)CCCCCCCCCCCCCCCCCCCCCCCCCCCCCCCCC. The minimum absolute atomic E-state index is 0.0848. The van der Waals surface area contributed by atoms with Crippen LogP contribution in [0.3, 0.4) is 0 Å². The molecule has 0 aromatic carbocycles. The molecule has 0 radical (unpaired) electrons. The Morgan fingerprint density at radius 2 is 0.548 bits per heavy atom. The maximum Gasteiger partial charge on any atom is 0.306 e. The van der Waals surface area contributed by atoms with E-state index in [9.17, 15) is 14.4 Å². The lowest BCUT2D eigenvalue weighted by atomic mass is 10.0. The van der Waals surface area contributed by atoms with Crippen LogP contribution in [0.5, 0.6) is 0 Å². The van der Waals surface area contributed by atoms with Crippen LogP contribution in [0.4, 0.5) is 0 Å². The highest BCUT2D eigenvalue weighted by molar-refractivity contribution is 5.71. The Balaban J connectivity index is 4.06.